The van der Waals surface area contributed by atoms with E-state index >= 15 is 0 Å². The van der Waals surface area contributed by atoms with Crippen LogP contribution in [0.15, 0.2) is 199 Å². The number of benzene rings is 8. The maximum atomic E-state index is 6.30. The van der Waals surface area contributed by atoms with Gasteiger partial charge in [0.15, 0.2) is 17.5 Å². The highest BCUT2D eigenvalue weighted by Gasteiger charge is 2.20. The minimum absolute atomic E-state index is 0.617. The molecule has 0 bridgehead atoms. The van der Waals surface area contributed by atoms with Gasteiger partial charge in [-0.2, -0.15) is 0 Å². The van der Waals surface area contributed by atoms with Crippen LogP contribution in [0.2, 0.25) is 0 Å². The molecule has 5 heteroatoms. The summed E-state index contributed by atoms with van der Waals surface area (Å²) in [6, 6.07) is 67.5. The van der Waals surface area contributed by atoms with E-state index in [1.165, 1.54) is 10.8 Å². The minimum Gasteiger partial charge on any atom is -0.456 e. The summed E-state index contributed by atoms with van der Waals surface area (Å²) in [7, 11) is 0. The van der Waals surface area contributed by atoms with Gasteiger partial charge >= 0.3 is 0 Å². The first-order valence-corrected chi connectivity index (χ1v) is 18.8. The molecule has 0 N–H and O–H groups in total. The van der Waals surface area contributed by atoms with Crippen LogP contribution in [-0.2, 0) is 0 Å². The van der Waals surface area contributed by atoms with Crippen LogP contribution in [0.1, 0.15) is 0 Å². The van der Waals surface area contributed by atoms with Gasteiger partial charge in [0.25, 0.3) is 0 Å². The number of para-hydroxylation sites is 2. The summed E-state index contributed by atoms with van der Waals surface area (Å²) in [5, 5.41) is 4.63. The second-order valence-electron chi connectivity index (χ2n) is 14.0. The average Bonchev–Trinajstić information content (AvgIpc) is 3.82. The Morgan fingerprint density at radius 2 is 0.893 bits per heavy atom. The molecule has 56 heavy (non-hydrogen) atoms. The highest BCUT2D eigenvalue weighted by molar-refractivity contribution is 6.15. The molecule has 0 fully saturated rings. The van der Waals surface area contributed by atoms with Crippen molar-refractivity contribution in [2.24, 2.45) is 0 Å². The van der Waals surface area contributed by atoms with Crippen molar-refractivity contribution >= 4 is 43.7 Å². The van der Waals surface area contributed by atoms with Gasteiger partial charge in [-0.05, 0) is 59.2 Å². The lowest BCUT2D eigenvalue weighted by molar-refractivity contribution is 0.669. The molecule has 3 heterocycles. The van der Waals surface area contributed by atoms with Gasteiger partial charge in [-0.1, -0.05) is 152 Å². The minimum atomic E-state index is 0.617. The Kier molecular flexibility index (Phi) is 7.42. The number of furan rings is 1. The Hall–Kier alpha value is -7.63. The molecule has 5 nitrogen and oxygen atoms in total. The third-order valence-corrected chi connectivity index (χ3v) is 10.7. The number of hydrogen-bond acceptors (Lipinski definition) is 4. The zero-order valence-corrected chi connectivity index (χ0v) is 30.2. The lowest BCUT2D eigenvalue weighted by Gasteiger charge is -2.16. The third kappa shape index (κ3) is 5.29. The van der Waals surface area contributed by atoms with Crippen molar-refractivity contribution in [2.75, 3.05) is 0 Å². The Bertz CT molecular complexity index is 3180. The van der Waals surface area contributed by atoms with Crippen molar-refractivity contribution in [3.05, 3.63) is 194 Å². The highest BCUT2D eigenvalue weighted by Crippen LogP contribution is 2.42. The molecule has 0 spiro atoms. The molecular formula is C51H32N4O. The monoisotopic (exact) mass is 716 g/mol. The van der Waals surface area contributed by atoms with E-state index in [1.807, 2.05) is 72.8 Å². The van der Waals surface area contributed by atoms with Crippen molar-refractivity contribution in [3.8, 4) is 62.1 Å². The molecule has 11 rings (SSSR count). The fourth-order valence-electron chi connectivity index (χ4n) is 8.07. The molecule has 0 saturated carbocycles. The van der Waals surface area contributed by atoms with Gasteiger partial charge < -0.3 is 8.98 Å². The molecule has 0 amide bonds. The van der Waals surface area contributed by atoms with Crippen molar-refractivity contribution < 1.29 is 4.42 Å². The molecule has 11 aromatic rings. The molecule has 262 valence electrons. The summed E-state index contributed by atoms with van der Waals surface area (Å²) in [6.07, 6.45) is 0. The average molecular weight is 717 g/mol. The number of fused-ring (bicyclic) bond motifs is 6. The fourth-order valence-corrected chi connectivity index (χ4v) is 8.07. The first kappa shape index (κ1) is 31.9. The molecule has 0 saturated heterocycles. The molecule has 0 radical (unpaired) electrons. The van der Waals surface area contributed by atoms with E-state index in [2.05, 4.69) is 126 Å². The molecule has 0 unspecified atom stereocenters. The molecular weight excluding hydrogens is 685 g/mol. The lowest BCUT2D eigenvalue weighted by Crippen LogP contribution is -2.02. The summed E-state index contributed by atoms with van der Waals surface area (Å²) in [5.74, 6) is 1.89. The number of rotatable bonds is 6. The summed E-state index contributed by atoms with van der Waals surface area (Å²) in [4.78, 5) is 15.1. The maximum absolute atomic E-state index is 6.30. The highest BCUT2D eigenvalue weighted by atomic mass is 16.3. The topological polar surface area (TPSA) is 56.7 Å². The van der Waals surface area contributed by atoms with E-state index in [4.69, 9.17) is 19.4 Å². The van der Waals surface area contributed by atoms with Gasteiger partial charge in [-0.15, -0.1) is 0 Å². The summed E-state index contributed by atoms with van der Waals surface area (Å²) < 4.78 is 8.71. The van der Waals surface area contributed by atoms with Crippen LogP contribution >= 0.6 is 0 Å². The zero-order chi connectivity index (χ0) is 37.0. The summed E-state index contributed by atoms with van der Waals surface area (Å²) in [6.45, 7) is 0. The van der Waals surface area contributed by atoms with Gasteiger partial charge in [-0.3, -0.25) is 0 Å². The fraction of sp³-hybridized carbons (Fsp3) is 0. The Morgan fingerprint density at radius 1 is 0.339 bits per heavy atom. The maximum Gasteiger partial charge on any atom is 0.164 e. The van der Waals surface area contributed by atoms with Crippen molar-refractivity contribution in [2.45, 2.75) is 0 Å². The summed E-state index contributed by atoms with van der Waals surface area (Å²) in [5.41, 5.74) is 12.3. The normalized spacial score (nSPS) is 11.6. The standard InChI is InChI=1S/C51H32N4O/c1-4-15-33(16-5-1)42-31-37(51-53-49(34-17-6-2-7-18-34)52-50(54-51)35-19-8-3-9-20-35)28-30-44(42)55-43-24-12-10-21-39(43)40-29-27-36(32-45(40)55)38-23-14-26-47-48(38)41-22-11-13-25-46(41)56-47/h1-32H. The van der Waals surface area contributed by atoms with E-state index in [-0.39, 0.29) is 0 Å². The van der Waals surface area contributed by atoms with E-state index in [0.29, 0.717) is 17.5 Å². The predicted octanol–water partition coefficient (Wildman–Crippen LogP) is 13.2. The lowest BCUT2D eigenvalue weighted by atomic mass is 9.98. The van der Waals surface area contributed by atoms with Crippen LogP contribution in [0.5, 0.6) is 0 Å². The van der Waals surface area contributed by atoms with Gasteiger partial charge in [0.1, 0.15) is 11.2 Å². The first-order chi connectivity index (χ1) is 27.8. The Morgan fingerprint density at radius 3 is 1.61 bits per heavy atom. The van der Waals surface area contributed by atoms with Gasteiger partial charge in [0.2, 0.25) is 0 Å². The predicted molar refractivity (Wildman–Crippen MR) is 229 cm³/mol. The largest absolute Gasteiger partial charge is 0.456 e. The quantitative estimate of drug-likeness (QED) is 0.172. The van der Waals surface area contributed by atoms with Crippen molar-refractivity contribution in [1.82, 2.24) is 19.5 Å². The van der Waals surface area contributed by atoms with Crippen LogP contribution < -0.4 is 0 Å². The van der Waals surface area contributed by atoms with Crippen LogP contribution in [0.25, 0.3) is 106 Å². The Balaban J connectivity index is 1.15. The third-order valence-electron chi connectivity index (χ3n) is 10.7. The first-order valence-electron chi connectivity index (χ1n) is 18.8. The second-order valence-corrected chi connectivity index (χ2v) is 14.0. The molecule has 0 aliphatic heterocycles. The van der Waals surface area contributed by atoms with Crippen LogP contribution in [0.3, 0.4) is 0 Å². The molecule has 0 aliphatic rings. The second kappa shape index (κ2) is 13.0. The molecule has 0 aliphatic carbocycles. The SMILES string of the molecule is c1ccc(-c2nc(-c3ccccc3)nc(-c3ccc(-n4c5ccccc5c5ccc(-c6cccc7oc8ccccc8c67)cc54)c(-c4ccccc4)c3)n2)cc1. The van der Waals surface area contributed by atoms with Gasteiger partial charge in [0.05, 0.1) is 16.7 Å². The van der Waals surface area contributed by atoms with Crippen LogP contribution in [0, 0.1) is 0 Å². The zero-order valence-electron chi connectivity index (χ0n) is 30.2. The summed E-state index contributed by atoms with van der Waals surface area (Å²) >= 11 is 0. The van der Waals surface area contributed by atoms with E-state index in [1.54, 1.807) is 0 Å². The molecule has 8 aromatic carbocycles. The van der Waals surface area contributed by atoms with Crippen molar-refractivity contribution in [3.63, 3.8) is 0 Å². The van der Waals surface area contributed by atoms with Crippen LogP contribution in [0.4, 0.5) is 0 Å². The van der Waals surface area contributed by atoms with Gasteiger partial charge in [-0.25, -0.2) is 15.0 Å². The number of aromatic nitrogens is 4. The van der Waals surface area contributed by atoms with Gasteiger partial charge in [0, 0.05) is 43.8 Å². The number of nitrogens with zero attached hydrogens (tertiary/aromatic N) is 4. The van der Waals surface area contributed by atoms with E-state index in [9.17, 15) is 0 Å². The van der Waals surface area contributed by atoms with Crippen molar-refractivity contribution in [1.29, 1.82) is 0 Å². The van der Waals surface area contributed by atoms with Crippen LogP contribution in [-0.4, -0.2) is 19.5 Å². The Labute approximate surface area is 322 Å². The smallest absolute Gasteiger partial charge is 0.164 e. The molecule has 3 aromatic heterocycles. The molecule has 0 atom stereocenters. The van der Waals surface area contributed by atoms with E-state index < -0.39 is 0 Å². The van der Waals surface area contributed by atoms with E-state index in [0.717, 1.165) is 77.6 Å². The number of hydrogen-bond donors (Lipinski definition) is 0.